The van der Waals surface area contributed by atoms with Crippen LogP contribution in [0.5, 0.6) is 0 Å². The molecule has 22 heavy (non-hydrogen) atoms. The van der Waals surface area contributed by atoms with Crippen LogP contribution in [0.4, 0.5) is 5.69 Å². The molecule has 0 aliphatic carbocycles. The molecule has 0 saturated carbocycles. The molecule has 0 bridgehead atoms. The molecule has 1 aromatic heterocycles. The van der Waals surface area contributed by atoms with Gasteiger partial charge in [0.1, 0.15) is 0 Å². The molecule has 7 heteroatoms. The van der Waals surface area contributed by atoms with E-state index in [-0.39, 0.29) is 23.0 Å². The fraction of sp³-hybridized carbons (Fsp3) is 0.333. The van der Waals surface area contributed by atoms with Gasteiger partial charge in [0, 0.05) is 22.7 Å². The van der Waals surface area contributed by atoms with Crippen molar-refractivity contribution in [1.29, 1.82) is 0 Å². The third-order valence-electron chi connectivity index (χ3n) is 3.92. The Morgan fingerprint density at radius 3 is 2.77 bits per heavy atom. The summed E-state index contributed by atoms with van der Waals surface area (Å²) in [4.78, 5) is 26.3. The van der Waals surface area contributed by atoms with Crippen molar-refractivity contribution in [2.24, 2.45) is 5.92 Å². The Morgan fingerprint density at radius 2 is 2.09 bits per heavy atom. The number of carbonyl (C=O) groups is 1. The normalized spacial score (nSPS) is 20.1. The van der Waals surface area contributed by atoms with Gasteiger partial charge in [0.2, 0.25) is 11.5 Å². The molecule has 0 spiro atoms. The smallest absolute Gasteiger partial charge is 0.248 e. The zero-order valence-corrected chi connectivity index (χ0v) is 12.9. The lowest BCUT2D eigenvalue weighted by Gasteiger charge is -2.11. The quantitative estimate of drug-likeness (QED) is 0.869. The molecule has 1 unspecified atom stereocenters. The molecule has 1 aliphatic rings. The zero-order valence-electron chi connectivity index (χ0n) is 12.0. The molecule has 2 heterocycles. The van der Waals surface area contributed by atoms with Crippen molar-refractivity contribution in [3.63, 3.8) is 0 Å². The highest BCUT2D eigenvalue weighted by Crippen LogP contribution is 2.23. The van der Waals surface area contributed by atoms with Crippen molar-refractivity contribution in [2.75, 3.05) is 16.8 Å². The van der Waals surface area contributed by atoms with Gasteiger partial charge in [-0.05, 0) is 37.1 Å². The van der Waals surface area contributed by atoms with Gasteiger partial charge in [-0.1, -0.05) is 0 Å². The second-order valence-electron chi connectivity index (χ2n) is 5.67. The van der Waals surface area contributed by atoms with Gasteiger partial charge in [0.15, 0.2) is 9.84 Å². The van der Waals surface area contributed by atoms with Gasteiger partial charge < -0.3 is 10.3 Å². The third kappa shape index (κ3) is 2.89. The van der Waals surface area contributed by atoms with E-state index in [0.29, 0.717) is 17.6 Å². The molecule has 2 N–H and O–H groups in total. The van der Waals surface area contributed by atoms with Gasteiger partial charge in [0.25, 0.3) is 0 Å². The minimum absolute atomic E-state index is 0.0726. The highest BCUT2D eigenvalue weighted by atomic mass is 32.2. The van der Waals surface area contributed by atoms with Crippen LogP contribution in [-0.2, 0) is 14.6 Å². The van der Waals surface area contributed by atoms with E-state index in [1.54, 1.807) is 18.2 Å². The molecule has 0 radical (unpaired) electrons. The van der Waals surface area contributed by atoms with Crippen LogP contribution >= 0.6 is 0 Å². The van der Waals surface area contributed by atoms with Crippen molar-refractivity contribution in [3.05, 3.63) is 40.2 Å². The Hall–Kier alpha value is -2.15. The van der Waals surface area contributed by atoms with Gasteiger partial charge in [-0.25, -0.2) is 8.42 Å². The number of rotatable bonds is 2. The van der Waals surface area contributed by atoms with Crippen molar-refractivity contribution in [2.45, 2.75) is 13.3 Å². The molecule has 2 aromatic rings. The van der Waals surface area contributed by atoms with Crippen molar-refractivity contribution in [3.8, 4) is 0 Å². The largest absolute Gasteiger partial charge is 0.326 e. The van der Waals surface area contributed by atoms with Crippen LogP contribution in [0.1, 0.15) is 12.0 Å². The fourth-order valence-corrected chi connectivity index (χ4v) is 4.49. The van der Waals surface area contributed by atoms with E-state index in [9.17, 15) is 18.0 Å². The summed E-state index contributed by atoms with van der Waals surface area (Å²) in [5.74, 6) is -0.776. The lowest BCUT2D eigenvalue weighted by atomic mass is 10.1. The second-order valence-corrected chi connectivity index (χ2v) is 7.89. The van der Waals surface area contributed by atoms with E-state index in [2.05, 4.69) is 10.3 Å². The van der Waals surface area contributed by atoms with Crippen LogP contribution in [0.15, 0.2) is 29.1 Å². The number of anilines is 1. The molecule has 1 amide bonds. The molecule has 1 atom stereocenters. The van der Waals surface area contributed by atoms with E-state index in [4.69, 9.17) is 0 Å². The maximum Gasteiger partial charge on any atom is 0.248 e. The van der Waals surface area contributed by atoms with Crippen LogP contribution in [0.3, 0.4) is 0 Å². The number of aryl methyl sites for hydroxylation is 1. The second kappa shape index (κ2) is 5.24. The Balaban J connectivity index is 1.85. The summed E-state index contributed by atoms with van der Waals surface area (Å²) in [5, 5.41) is 3.60. The van der Waals surface area contributed by atoms with Gasteiger partial charge in [-0.15, -0.1) is 0 Å². The first-order chi connectivity index (χ1) is 10.3. The summed E-state index contributed by atoms with van der Waals surface area (Å²) in [5.41, 5.74) is 1.94. The number of aromatic nitrogens is 1. The molecular formula is C15H16N2O4S. The number of sulfone groups is 1. The summed E-state index contributed by atoms with van der Waals surface area (Å²) in [6.45, 7) is 1.83. The number of hydrogen-bond donors (Lipinski definition) is 2. The summed E-state index contributed by atoms with van der Waals surface area (Å²) in [6.07, 6.45) is 0.369. The number of nitrogens with one attached hydrogen (secondary N) is 2. The van der Waals surface area contributed by atoms with Crippen molar-refractivity contribution < 1.29 is 13.2 Å². The first-order valence-electron chi connectivity index (χ1n) is 6.99. The molecule has 1 aliphatic heterocycles. The standard InChI is InChI=1S/C15H16N2O4S/c1-9-6-14(18)17-13-3-2-11(7-12(9)13)16-15(19)10-4-5-22(20,21)8-10/h2-3,6-7,10H,4-5,8H2,1H3,(H,16,19)(H,17,18). The Morgan fingerprint density at radius 1 is 1.32 bits per heavy atom. The van der Waals surface area contributed by atoms with Crippen LogP contribution in [-0.4, -0.2) is 30.8 Å². The van der Waals surface area contributed by atoms with E-state index >= 15 is 0 Å². The van der Waals surface area contributed by atoms with Gasteiger partial charge in [-0.3, -0.25) is 9.59 Å². The van der Waals surface area contributed by atoms with Gasteiger partial charge >= 0.3 is 0 Å². The number of benzene rings is 1. The summed E-state index contributed by atoms with van der Waals surface area (Å²) in [7, 11) is -3.08. The van der Waals surface area contributed by atoms with Crippen LogP contribution in [0.2, 0.25) is 0 Å². The average molecular weight is 320 g/mol. The van der Waals surface area contributed by atoms with Crippen LogP contribution in [0.25, 0.3) is 10.9 Å². The summed E-state index contributed by atoms with van der Waals surface area (Å²) >= 11 is 0. The van der Waals surface area contributed by atoms with E-state index in [1.807, 2.05) is 6.92 Å². The lowest BCUT2D eigenvalue weighted by molar-refractivity contribution is -0.119. The molecule has 116 valence electrons. The van der Waals surface area contributed by atoms with Crippen LogP contribution < -0.4 is 10.9 Å². The number of aromatic amines is 1. The third-order valence-corrected chi connectivity index (χ3v) is 5.69. The predicted octanol–water partition coefficient (Wildman–Crippen LogP) is 1.21. The number of amides is 1. The average Bonchev–Trinajstić information content (AvgIpc) is 2.80. The lowest BCUT2D eigenvalue weighted by Crippen LogP contribution is -2.23. The number of hydrogen-bond acceptors (Lipinski definition) is 4. The number of carbonyl (C=O) groups excluding carboxylic acids is 1. The number of H-pyrrole nitrogens is 1. The molecule has 1 saturated heterocycles. The Labute approximate surface area is 127 Å². The SMILES string of the molecule is Cc1cc(=O)[nH]c2ccc(NC(=O)C3CCS(=O)(=O)C3)cc12. The van der Waals surface area contributed by atoms with E-state index < -0.39 is 15.8 Å². The number of pyridine rings is 1. The molecular weight excluding hydrogens is 304 g/mol. The minimum atomic E-state index is -3.08. The minimum Gasteiger partial charge on any atom is -0.326 e. The monoisotopic (exact) mass is 320 g/mol. The van der Waals surface area contributed by atoms with E-state index in [0.717, 1.165) is 10.9 Å². The van der Waals surface area contributed by atoms with Gasteiger partial charge in [-0.2, -0.15) is 0 Å². The van der Waals surface area contributed by atoms with E-state index in [1.165, 1.54) is 6.07 Å². The molecule has 1 aromatic carbocycles. The molecule has 6 nitrogen and oxygen atoms in total. The summed E-state index contributed by atoms with van der Waals surface area (Å²) in [6, 6.07) is 6.70. The summed E-state index contributed by atoms with van der Waals surface area (Å²) < 4.78 is 22.9. The first kappa shape index (κ1) is 14.8. The Kier molecular flexibility index (Phi) is 3.52. The maximum absolute atomic E-state index is 12.1. The molecule has 3 rings (SSSR count). The maximum atomic E-state index is 12.1. The topological polar surface area (TPSA) is 96.1 Å². The highest BCUT2D eigenvalue weighted by molar-refractivity contribution is 7.91. The van der Waals surface area contributed by atoms with Crippen molar-refractivity contribution >= 4 is 32.3 Å². The number of fused-ring (bicyclic) bond motifs is 1. The first-order valence-corrected chi connectivity index (χ1v) is 8.81. The zero-order chi connectivity index (χ0) is 15.9. The Bertz CT molecular complexity index is 915. The van der Waals surface area contributed by atoms with Gasteiger partial charge in [0.05, 0.1) is 17.4 Å². The molecule has 1 fully saturated rings. The van der Waals surface area contributed by atoms with Crippen molar-refractivity contribution in [1.82, 2.24) is 4.98 Å². The predicted molar refractivity (Wildman–Crippen MR) is 84.7 cm³/mol. The fourth-order valence-electron chi connectivity index (χ4n) is 2.75. The highest BCUT2D eigenvalue weighted by Gasteiger charge is 2.32. The van der Waals surface area contributed by atoms with Crippen LogP contribution in [0, 0.1) is 12.8 Å².